The van der Waals surface area contributed by atoms with Gasteiger partial charge in [-0.15, -0.1) is 0 Å². The topological polar surface area (TPSA) is 76.6 Å². The fourth-order valence-electron chi connectivity index (χ4n) is 3.08. The summed E-state index contributed by atoms with van der Waals surface area (Å²) in [5.41, 5.74) is 1.51. The maximum absolute atomic E-state index is 13.1. The van der Waals surface area contributed by atoms with Gasteiger partial charge in [-0.1, -0.05) is 12.1 Å². The third-order valence-corrected chi connectivity index (χ3v) is 4.50. The van der Waals surface area contributed by atoms with Crippen molar-refractivity contribution in [1.29, 1.82) is 0 Å². The SMILES string of the molecule is CCNc1ncc(C(=O)N(Cc2ccc(OC)cc2)C[C@H]2CCCO2)cn1. The van der Waals surface area contributed by atoms with E-state index in [-0.39, 0.29) is 12.0 Å². The van der Waals surface area contributed by atoms with Gasteiger partial charge < -0.3 is 19.7 Å². The number of ether oxygens (including phenoxy) is 2. The molecule has 144 valence electrons. The molecule has 1 aliphatic heterocycles. The molecule has 1 amide bonds. The highest BCUT2D eigenvalue weighted by atomic mass is 16.5. The molecule has 7 heteroatoms. The number of methoxy groups -OCH3 is 1. The van der Waals surface area contributed by atoms with Crippen molar-refractivity contribution in [3.05, 3.63) is 47.8 Å². The lowest BCUT2D eigenvalue weighted by molar-refractivity contribution is 0.0506. The molecule has 1 aliphatic rings. The van der Waals surface area contributed by atoms with E-state index in [0.717, 1.165) is 37.3 Å². The molecule has 0 saturated carbocycles. The van der Waals surface area contributed by atoms with Crippen molar-refractivity contribution in [3.8, 4) is 5.75 Å². The largest absolute Gasteiger partial charge is 0.497 e. The number of carbonyl (C=O) groups excluding carboxylic acids is 1. The zero-order chi connectivity index (χ0) is 19.1. The third-order valence-electron chi connectivity index (χ3n) is 4.50. The molecular formula is C20H26N4O3. The van der Waals surface area contributed by atoms with Crippen LogP contribution < -0.4 is 10.1 Å². The highest BCUT2D eigenvalue weighted by Crippen LogP contribution is 2.18. The van der Waals surface area contributed by atoms with Crippen molar-refractivity contribution in [1.82, 2.24) is 14.9 Å². The van der Waals surface area contributed by atoms with E-state index < -0.39 is 0 Å². The van der Waals surface area contributed by atoms with Gasteiger partial charge in [-0.2, -0.15) is 0 Å². The molecule has 27 heavy (non-hydrogen) atoms. The van der Waals surface area contributed by atoms with E-state index in [1.807, 2.05) is 36.1 Å². The van der Waals surface area contributed by atoms with Crippen molar-refractivity contribution in [2.45, 2.75) is 32.4 Å². The van der Waals surface area contributed by atoms with Gasteiger partial charge in [-0.25, -0.2) is 9.97 Å². The van der Waals surface area contributed by atoms with Crippen molar-refractivity contribution in [2.75, 3.05) is 32.1 Å². The summed E-state index contributed by atoms with van der Waals surface area (Å²) >= 11 is 0. The predicted molar refractivity (Wildman–Crippen MR) is 103 cm³/mol. The van der Waals surface area contributed by atoms with Crippen LogP contribution in [0.25, 0.3) is 0 Å². The van der Waals surface area contributed by atoms with Gasteiger partial charge in [0.05, 0.1) is 18.8 Å². The standard InChI is InChI=1S/C20H26N4O3/c1-3-21-20-22-11-16(12-23-20)19(25)24(14-18-5-4-10-27-18)13-15-6-8-17(26-2)9-7-15/h6-9,11-12,18H,3-5,10,13-14H2,1-2H3,(H,21,22,23)/t18-/m1/s1. The quantitative estimate of drug-likeness (QED) is 0.770. The molecule has 1 aromatic heterocycles. The number of aromatic nitrogens is 2. The molecular weight excluding hydrogens is 344 g/mol. The van der Waals surface area contributed by atoms with Crippen molar-refractivity contribution in [2.24, 2.45) is 0 Å². The van der Waals surface area contributed by atoms with Crippen LogP contribution in [0.1, 0.15) is 35.7 Å². The molecule has 1 fully saturated rings. The van der Waals surface area contributed by atoms with Crippen LogP contribution >= 0.6 is 0 Å². The molecule has 2 aromatic rings. The van der Waals surface area contributed by atoms with Crippen molar-refractivity contribution < 1.29 is 14.3 Å². The highest BCUT2D eigenvalue weighted by molar-refractivity contribution is 5.93. The van der Waals surface area contributed by atoms with Crippen LogP contribution in [0, 0.1) is 0 Å². The Morgan fingerprint density at radius 1 is 1.30 bits per heavy atom. The van der Waals surface area contributed by atoms with E-state index in [2.05, 4.69) is 15.3 Å². The second-order valence-electron chi connectivity index (χ2n) is 6.49. The van der Waals surface area contributed by atoms with Crippen molar-refractivity contribution >= 4 is 11.9 Å². The van der Waals surface area contributed by atoms with Crippen LogP contribution in [0.5, 0.6) is 5.75 Å². The van der Waals surface area contributed by atoms with E-state index >= 15 is 0 Å². The zero-order valence-corrected chi connectivity index (χ0v) is 15.9. The summed E-state index contributed by atoms with van der Waals surface area (Å²) < 4.78 is 10.9. The smallest absolute Gasteiger partial charge is 0.257 e. The maximum atomic E-state index is 13.1. The molecule has 3 rings (SSSR count). The second kappa shape index (κ2) is 9.32. The van der Waals surface area contributed by atoms with E-state index in [0.29, 0.717) is 24.6 Å². The summed E-state index contributed by atoms with van der Waals surface area (Å²) in [6, 6.07) is 7.75. The van der Waals surface area contributed by atoms with E-state index in [9.17, 15) is 4.79 Å². The molecule has 0 spiro atoms. The second-order valence-corrected chi connectivity index (χ2v) is 6.49. The number of anilines is 1. The molecule has 2 heterocycles. The number of hydrogen-bond donors (Lipinski definition) is 1. The zero-order valence-electron chi connectivity index (χ0n) is 15.9. The Balaban J connectivity index is 1.75. The predicted octanol–water partition coefficient (Wildman–Crippen LogP) is 2.74. The van der Waals surface area contributed by atoms with Gasteiger partial charge in [0.1, 0.15) is 5.75 Å². The van der Waals surface area contributed by atoms with Crippen LogP contribution in [0.15, 0.2) is 36.7 Å². The first-order chi connectivity index (χ1) is 13.2. The van der Waals surface area contributed by atoms with Crippen LogP contribution in [0.3, 0.4) is 0 Å². The van der Waals surface area contributed by atoms with Crippen LogP contribution in [-0.2, 0) is 11.3 Å². The lowest BCUT2D eigenvalue weighted by atomic mass is 10.1. The Hall–Kier alpha value is -2.67. The molecule has 7 nitrogen and oxygen atoms in total. The van der Waals surface area contributed by atoms with Gasteiger partial charge in [0.2, 0.25) is 5.95 Å². The fraction of sp³-hybridized carbons (Fsp3) is 0.450. The fourth-order valence-corrected chi connectivity index (χ4v) is 3.08. The molecule has 1 atom stereocenters. The van der Waals surface area contributed by atoms with Crippen molar-refractivity contribution in [3.63, 3.8) is 0 Å². The normalized spacial score (nSPS) is 16.1. The summed E-state index contributed by atoms with van der Waals surface area (Å²) in [5.74, 6) is 1.22. The minimum Gasteiger partial charge on any atom is -0.497 e. The number of benzene rings is 1. The molecule has 0 radical (unpaired) electrons. The van der Waals surface area contributed by atoms with Gasteiger partial charge in [-0.05, 0) is 37.5 Å². The van der Waals surface area contributed by atoms with Gasteiger partial charge in [-0.3, -0.25) is 4.79 Å². The van der Waals surface area contributed by atoms with E-state index in [1.54, 1.807) is 19.5 Å². The van der Waals surface area contributed by atoms with E-state index in [4.69, 9.17) is 9.47 Å². The minimum absolute atomic E-state index is 0.0779. The Morgan fingerprint density at radius 2 is 2.04 bits per heavy atom. The average Bonchev–Trinajstić information content (AvgIpc) is 3.21. The molecule has 1 saturated heterocycles. The highest BCUT2D eigenvalue weighted by Gasteiger charge is 2.24. The Kier molecular flexibility index (Phi) is 6.59. The lowest BCUT2D eigenvalue weighted by Gasteiger charge is -2.25. The minimum atomic E-state index is -0.0932. The van der Waals surface area contributed by atoms with E-state index in [1.165, 1.54) is 0 Å². The first-order valence-electron chi connectivity index (χ1n) is 9.29. The monoisotopic (exact) mass is 370 g/mol. The van der Waals surface area contributed by atoms with Crippen LogP contribution in [0.4, 0.5) is 5.95 Å². The molecule has 0 unspecified atom stereocenters. The summed E-state index contributed by atoms with van der Waals surface area (Å²) in [6.07, 6.45) is 5.24. The summed E-state index contributed by atoms with van der Waals surface area (Å²) in [7, 11) is 1.64. The lowest BCUT2D eigenvalue weighted by Crippen LogP contribution is -2.37. The molecule has 1 N–H and O–H groups in total. The van der Waals surface area contributed by atoms with Gasteiger partial charge in [0.25, 0.3) is 5.91 Å². The first kappa shape index (κ1) is 19.1. The van der Waals surface area contributed by atoms with Gasteiger partial charge in [0, 0.05) is 38.6 Å². The maximum Gasteiger partial charge on any atom is 0.257 e. The number of hydrogen-bond acceptors (Lipinski definition) is 6. The Bertz CT molecular complexity index is 728. The molecule has 0 aliphatic carbocycles. The van der Waals surface area contributed by atoms with Gasteiger partial charge in [0.15, 0.2) is 0 Å². The number of rotatable bonds is 8. The third kappa shape index (κ3) is 5.17. The Labute approximate surface area is 159 Å². The summed E-state index contributed by atoms with van der Waals surface area (Å²) in [6.45, 7) is 4.52. The Morgan fingerprint density at radius 3 is 2.63 bits per heavy atom. The number of nitrogens with one attached hydrogen (secondary N) is 1. The van der Waals surface area contributed by atoms with Gasteiger partial charge >= 0.3 is 0 Å². The molecule has 0 bridgehead atoms. The van der Waals surface area contributed by atoms with Crippen LogP contribution in [0.2, 0.25) is 0 Å². The average molecular weight is 370 g/mol. The number of carbonyl (C=O) groups is 1. The summed E-state index contributed by atoms with van der Waals surface area (Å²) in [4.78, 5) is 23.3. The summed E-state index contributed by atoms with van der Waals surface area (Å²) in [5, 5.41) is 3.03. The first-order valence-corrected chi connectivity index (χ1v) is 9.29. The molecule has 1 aromatic carbocycles. The number of nitrogens with zero attached hydrogens (tertiary/aromatic N) is 3. The van der Waals surface area contributed by atoms with Crippen LogP contribution in [-0.4, -0.2) is 53.7 Å². The number of amides is 1.